The van der Waals surface area contributed by atoms with Gasteiger partial charge in [0.25, 0.3) is 0 Å². The number of epoxide rings is 1. The minimum atomic E-state index is 0.268. The summed E-state index contributed by atoms with van der Waals surface area (Å²) in [4.78, 5) is 0. The fourth-order valence-electron chi connectivity index (χ4n) is 2.62. The lowest BCUT2D eigenvalue weighted by atomic mass is 10.1. The van der Waals surface area contributed by atoms with E-state index in [1.807, 2.05) is 32.0 Å². The van der Waals surface area contributed by atoms with Crippen molar-refractivity contribution in [1.29, 1.82) is 0 Å². The highest BCUT2D eigenvalue weighted by Gasteiger charge is 2.23. The van der Waals surface area contributed by atoms with Gasteiger partial charge in [-0.3, -0.25) is 0 Å². The second-order valence-electron chi connectivity index (χ2n) is 5.98. The molecular weight excluding hydrogens is 276 g/mol. The number of ether oxygens (including phenoxy) is 3. The van der Waals surface area contributed by atoms with Crippen LogP contribution in [-0.4, -0.2) is 19.3 Å². The molecule has 1 atom stereocenters. The maximum Gasteiger partial charge on any atom is 0.133 e. The number of hydrogen-bond acceptors (Lipinski definition) is 3. The first-order valence-electron chi connectivity index (χ1n) is 7.64. The molecular formula is C19H22O3. The van der Waals surface area contributed by atoms with Crippen molar-refractivity contribution in [3.63, 3.8) is 0 Å². The molecule has 1 aliphatic rings. The summed E-state index contributed by atoms with van der Waals surface area (Å²) in [6.45, 7) is 9.66. The lowest BCUT2D eigenvalue weighted by Gasteiger charge is -2.16. The second kappa shape index (κ2) is 6.01. The lowest BCUT2D eigenvalue weighted by Crippen LogP contribution is -2.06. The topological polar surface area (TPSA) is 31.0 Å². The Labute approximate surface area is 131 Å². The standard InChI is InChI=1S/C19H22O3/c1-12-6-5-7-13(2)19(12)22-16-8-14(3)18(15(4)9-16)21-11-17-10-20-17/h5-9,17H,10-11H2,1-4H3. The first-order chi connectivity index (χ1) is 10.5. The first kappa shape index (κ1) is 14.9. The fourth-order valence-corrected chi connectivity index (χ4v) is 2.62. The molecule has 0 bridgehead atoms. The largest absolute Gasteiger partial charge is 0.490 e. The second-order valence-corrected chi connectivity index (χ2v) is 5.98. The SMILES string of the molecule is Cc1cc(Oc2c(C)cccc2C)cc(C)c1OCC1CO1. The van der Waals surface area contributed by atoms with Crippen molar-refractivity contribution in [2.24, 2.45) is 0 Å². The zero-order valence-electron chi connectivity index (χ0n) is 13.6. The molecule has 1 saturated heterocycles. The van der Waals surface area contributed by atoms with Crippen molar-refractivity contribution < 1.29 is 14.2 Å². The molecule has 0 aromatic heterocycles. The van der Waals surface area contributed by atoms with Crippen LogP contribution in [0.1, 0.15) is 22.3 Å². The molecule has 116 valence electrons. The zero-order chi connectivity index (χ0) is 15.7. The van der Waals surface area contributed by atoms with Gasteiger partial charge < -0.3 is 14.2 Å². The van der Waals surface area contributed by atoms with Gasteiger partial charge in [0, 0.05) is 0 Å². The Morgan fingerprint density at radius 1 is 0.955 bits per heavy atom. The van der Waals surface area contributed by atoms with E-state index in [4.69, 9.17) is 14.2 Å². The van der Waals surface area contributed by atoms with Crippen LogP contribution in [0.2, 0.25) is 0 Å². The number of para-hydroxylation sites is 1. The Bertz CT molecular complexity index is 644. The van der Waals surface area contributed by atoms with Gasteiger partial charge in [0.05, 0.1) is 6.61 Å². The average molecular weight is 298 g/mol. The van der Waals surface area contributed by atoms with Crippen molar-refractivity contribution in [2.75, 3.05) is 13.2 Å². The number of benzene rings is 2. The minimum Gasteiger partial charge on any atom is -0.490 e. The third-order valence-electron chi connectivity index (χ3n) is 3.88. The van der Waals surface area contributed by atoms with Crippen LogP contribution in [0.15, 0.2) is 30.3 Å². The van der Waals surface area contributed by atoms with Gasteiger partial charge in [0.1, 0.15) is 30.0 Å². The highest BCUT2D eigenvalue weighted by Crippen LogP contribution is 2.34. The number of aryl methyl sites for hydroxylation is 4. The highest BCUT2D eigenvalue weighted by molar-refractivity contribution is 5.49. The maximum atomic E-state index is 6.11. The van der Waals surface area contributed by atoms with Gasteiger partial charge in [-0.2, -0.15) is 0 Å². The summed E-state index contributed by atoms with van der Waals surface area (Å²) in [6.07, 6.45) is 0.268. The van der Waals surface area contributed by atoms with E-state index in [0.717, 1.165) is 46.1 Å². The van der Waals surface area contributed by atoms with E-state index in [1.54, 1.807) is 0 Å². The molecule has 1 aliphatic heterocycles. The molecule has 22 heavy (non-hydrogen) atoms. The maximum absolute atomic E-state index is 6.11. The van der Waals surface area contributed by atoms with E-state index in [1.165, 1.54) is 0 Å². The van der Waals surface area contributed by atoms with Crippen LogP contribution in [0, 0.1) is 27.7 Å². The van der Waals surface area contributed by atoms with E-state index < -0.39 is 0 Å². The third kappa shape index (κ3) is 3.25. The summed E-state index contributed by atoms with van der Waals surface area (Å²) in [5.41, 5.74) is 4.45. The monoisotopic (exact) mass is 298 g/mol. The molecule has 1 fully saturated rings. The molecule has 0 saturated carbocycles. The quantitative estimate of drug-likeness (QED) is 0.762. The molecule has 0 radical (unpaired) electrons. The molecule has 3 rings (SSSR count). The Morgan fingerprint density at radius 3 is 2.09 bits per heavy atom. The van der Waals surface area contributed by atoms with E-state index in [0.29, 0.717) is 6.61 Å². The van der Waals surface area contributed by atoms with Crippen LogP contribution in [0.5, 0.6) is 17.2 Å². The summed E-state index contributed by atoms with van der Waals surface area (Å²) in [6, 6.07) is 10.2. The van der Waals surface area contributed by atoms with Crippen LogP contribution in [-0.2, 0) is 4.74 Å². The van der Waals surface area contributed by atoms with E-state index >= 15 is 0 Å². The fraction of sp³-hybridized carbons (Fsp3) is 0.368. The minimum absolute atomic E-state index is 0.268. The van der Waals surface area contributed by atoms with Gasteiger partial charge in [-0.15, -0.1) is 0 Å². The molecule has 0 aliphatic carbocycles. The molecule has 1 unspecified atom stereocenters. The average Bonchev–Trinajstić information content (AvgIpc) is 3.26. The molecule has 0 amide bonds. The molecule has 2 aromatic rings. The lowest BCUT2D eigenvalue weighted by molar-refractivity contribution is 0.260. The zero-order valence-corrected chi connectivity index (χ0v) is 13.6. The van der Waals surface area contributed by atoms with E-state index in [9.17, 15) is 0 Å². The summed E-state index contributed by atoms with van der Waals surface area (Å²) in [5.74, 6) is 2.72. The van der Waals surface area contributed by atoms with E-state index in [-0.39, 0.29) is 6.10 Å². The van der Waals surface area contributed by atoms with Crippen molar-refractivity contribution in [3.05, 3.63) is 52.6 Å². The Kier molecular flexibility index (Phi) is 4.08. The predicted molar refractivity (Wildman–Crippen MR) is 87.1 cm³/mol. The van der Waals surface area contributed by atoms with Gasteiger partial charge in [-0.05, 0) is 62.1 Å². The van der Waals surface area contributed by atoms with E-state index in [2.05, 4.69) is 26.0 Å². The molecule has 3 nitrogen and oxygen atoms in total. The summed E-state index contributed by atoms with van der Waals surface area (Å²) in [7, 11) is 0. The van der Waals surface area contributed by atoms with Gasteiger partial charge >= 0.3 is 0 Å². The molecule has 0 N–H and O–H groups in total. The Morgan fingerprint density at radius 2 is 1.55 bits per heavy atom. The van der Waals surface area contributed by atoms with Gasteiger partial charge in [-0.1, -0.05) is 18.2 Å². The van der Waals surface area contributed by atoms with Crippen molar-refractivity contribution >= 4 is 0 Å². The van der Waals surface area contributed by atoms with Crippen LogP contribution in [0.4, 0.5) is 0 Å². The van der Waals surface area contributed by atoms with Crippen LogP contribution in [0.3, 0.4) is 0 Å². The van der Waals surface area contributed by atoms with Crippen molar-refractivity contribution in [1.82, 2.24) is 0 Å². The van der Waals surface area contributed by atoms with Gasteiger partial charge in [0.15, 0.2) is 0 Å². The summed E-state index contributed by atoms with van der Waals surface area (Å²) in [5, 5.41) is 0. The Balaban J connectivity index is 1.82. The Hall–Kier alpha value is -2.00. The van der Waals surface area contributed by atoms with Crippen LogP contribution in [0.25, 0.3) is 0 Å². The summed E-state index contributed by atoms with van der Waals surface area (Å²) < 4.78 is 17.2. The van der Waals surface area contributed by atoms with Gasteiger partial charge in [-0.25, -0.2) is 0 Å². The van der Waals surface area contributed by atoms with Crippen molar-refractivity contribution in [2.45, 2.75) is 33.8 Å². The summed E-state index contributed by atoms with van der Waals surface area (Å²) >= 11 is 0. The van der Waals surface area contributed by atoms with Crippen LogP contribution >= 0.6 is 0 Å². The predicted octanol–water partition coefficient (Wildman–Crippen LogP) is 4.49. The smallest absolute Gasteiger partial charge is 0.133 e. The number of hydrogen-bond donors (Lipinski definition) is 0. The highest BCUT2D eigenvalue weighted by atomic mass is 16.6. The number of rotatable bonds is 5. The first-order valence-corrected chi connectivity index (χ1v) is 7.64. The molecule has 0 spiro atoms. The molecule has 2 aromatic carbocycles. The normalized spacial score (nSPS) is 16.5. The van der Waals surface area contributed by atoms with Crippen molar-refractivity contribution in [3.8, 4) is 17.2 Å². The third-order valence-corrected chi connectivity index (χ3v) is 3.88. The molecule has 3 heteroatoms. The molecule has 1 heterocycles. The van der Waals surface area contributed by atoms with Gasteiger partial charge in [0.2, 0.25) is 0 Å². The van der Waals surface area contributed by atoms with Crippen LogP contribution < -0.4 is 9.47 Å².